The third kappa shape index (κ3) is 10.9. The molecule has 5 atom stereocenters. The minimum atomic E-state index is -0.599. The number of ether oxygens (including phenoxy) is 5. The molecule has 59 heavy (non-hydrogen) atoms. The fraction of sp³-hybridized carbons (Fsp3) is 0.220. The van der Waals surface area contributed by atoms with Gasteiger partial charge in [0.15, 0.2) is 5.82 Å². The zero-order valence-electron chi connectivity index (χ0n) is 32.6. The van der Waals surface area contributed by atoms with Crippen LogP contribution in [0.25, 0.3) is 11.3 Å². The Morgan fingerprint density at radius 1 is 0.542 bits per heavy atom. The van der Waals surface area contributed by atoms with Gasteiger partial charge >= 0.3 is 0 Å². The van der Waals surface area contributed by atoms with Crippen LogP contribution < -0.4 is 0 Å². The van der Waals surface area contributed by atoms with Crippen molar-refractivity contribution in [1.82, 2.24) is 15.2 Å². The molecule has 8 nitrogen and oxygen atoms in total. The van der Waals surface area contributed by atoms with Gasteiger partial charge in [-0.15, -0.1) is 5.10 Å². The van der Waals surface area contributed by atoms with Crippen molar-refractivity contribution in [1.29, 1.82) is 0 Å². The molecule has 298 valence electrons. The second kappa shape index (κ2) is 20.4. The fourth-order valence-electron chi connectivity index (χ4n) is 7.30. The van der Waals surface area contributed by atoms with Gasteiger partial charge in [0.25, 0.3) is 0 Å². The van der Waals surface area contributed by atoms with Crippen molar-refractivity contribution in [2.75, 3.05) is 6.61 Å². The van der Waals surface area contributed by atoms with Crippen LogP contribution in [0.1, 0.15) is 45.3 Å². The van der Waals surface area contributed by atoms with Crippen molar-refractivity contribution in [2.24, 2.45) is 0 Å². The van der Waals surface area contributed by atoms with Gasteiger partial charge in [-0.1, -0.05) is 175 Å². The highest BCUT2D eigenvalue weighted by molar-refractivity contribution is 6.31. The Labute approximate surface area is 350 Å². The van der Waals surface area contributed by atoms with E-state index in [2.05, 4.69) is 64.8 Å². The van der Waals surface area contributed by atoms with Crippen LogP contribution in [0.3, 0.4) is 0 Å². The molecule has 0 saturated carbocycles. The first-order chi connectivity index (χ1) is 29.2. The molecule has 7 aromatic rings. The van der Waals surface area contributed by atoms with Crippen LogP contribution in [0, 0.1) is 0 Å². The summed E-state index contributed by atoms with van der Waals surface area (Å²) in [5, 5.41) is 9.25. The van der Waals surface area contributed by atoms with E-state index in [1.807, 2.05) is 115 Å². The van der Waals surface area contributed by atoms with Crippen molar-refractivity contribution < 1.29 is 23.7 Å². The average Bonchev–Trinajstić information content (AvgIpc) is 3.30. The molecule has 6 aromatic carbocycles. The van der Waals surface area contributed by atoms with Gasteiger partial charge in [0.1, 0.15) is 30.5 Å². The number of rotatable bonds is 17. The quantitative estimate of drug-likeness (QED) is 0.0900. The average molecular weight is 804 g/mol. The molecule has 0 amide bonds. The van der Waals surface area contributed by atoms with E-state index in [1.54, 1.807) is 6.20 Å². The molecule has 1 aromatic heterocycles. The highest BCUT2D eigenvalue weighted by atomic mass is 35.5. The topological polar surface area (TPSA) is 84.8 Å². The standard InChI is InChI=1S/C50H46ClN3O5/c51-43-27-26-41(28-42(43)29-46-53-44(30-52-54-46)40-24-14-5-15-25-40)47-49(57-33-38-20-10-3-11-21-38)50(58-34-39-22-12-4-13-23-39)48(56-32-37-18-8-2-9-19-37)45(59-47)35-55-31-36-16-6-1-7-17-36/h1-28,30,45,47-50H,29,31-35H2/t45-,47+,48-,49+,50+/m1/s1. The summed E-state index contributed by atoms with van der Waals surface area (Å²) < 4.78 is 34.4. The lowest BCUT2D eigenvalue weighted by Gasteiger charge is -2.46. The predicted molar refractivity (Wildman–Crippen MR) is 228 cm³/mol. The van der Waals surface area contributed by atoms with Gasteiger partial charge < -0.3 is 23.7 Å². The molecule has 1 aliphatic rings. The summed E-state index contributed by atoms with van der Waals surface area (Å²) in [4.78, 5) is 4.85. The third-order valence-corrected chi connectivity index (χ3v) is 10.7. The number of halogens is 1. The van der Waals surface area contributed by atoms with Gasteiger partial charge in [0.2, 0.25) is 0 Å². The van der Waals surface area contributed by atoms with E-state index in [-0.39, 0.29) is 6.61 Å². The lowest BCUT2D eigenvalue weighted by molar-refractivity contribution is -0.275. The smallest absolute Gasteiger partial charge is 0.156 e. The first-order valence-corrected chi connectivity index (χ1v) is 20.3. The molecule has 8 rings (SSSR count). The Morgan fingerprint density at radius 3 is 1.63 bits per heavy atom. The van der Waals surface area contributed by atoms with Crippen molar-refractivity contribution in [3.63, 3.8) is 0 Å². The Morgan fingerprint density at radius 2 is 1.05 bits per heavy atom. The molecule has 1 saturated heterocycles. The SMILES string of the molecule is Clc1ccc([C@@H]2O[C@H](COCc3ccccc3)[C@@H](OCc3ccccc3)[C@H](OCc3ccccc3)[C@H]2OCc2ccccc2)cc1Cc1nncc(-c2ccccc2)n1. The summed E-state index contributed by atoms with van der Waals surface area (Å²) >= 11 is 6.93. The minimum absolute atomic E-state index is 0.258. The fourth-order valence-corrected chi connectivity index (χ4v) is 7.48. The van der Waals surface area contributed by atoms with Gasteiger partial charge in [-0.3, -0.25) is 0 Å². The van der Waals surface area contributed by atoms with Gasteiger partial charge in [0, 0.05) is 17.0 Å². The van der Waals surface area contributed by atoms with E-state index in [4.69, 9.17) is 40.3 Å². The van der Waals surface area contributed by atoms with Crippen molar-refractivity contribution in [3.05, 3.63) is 220 Å². The Balaban J connectivity index is 1.16. The highest BCUT2D eigenvalue weighted by Crippen LogP contribution is 2.40. The third-order valence-electron chi connectivity index (χ3n) is 10.3. The maximum absolute atomic E-state index is 7.18. The lowest BCUT2D eigenvalue weighted by Crippen LogP contribution is -2.58. The number of hydrogen-bond acceptors (Lipinski definition) is 8. The largest absolute Gasteiger partial charge is 0.374 e. The van der Waals surface area contributed by atoms with E-state index >= 15 is 0 Å². The monoisotopic (exact) mass is 803 g/mol. The zero-order chi connectivity index (χ0) is 40.1. The molecule has 0 radical (unpaired) electrons. The summed E-state index contributed by atoms with van der Waals surface area (Å²) in [6.07, 6.45) is -0.805. The van der Waals surface area contributed by atoms with Crippen LogP contribution in [-0.2, 0) is 56.5 Å². The Kier molecular flexibility index (Phi) is 13.9. The van der Waals surface area contributed by atoms with E-state index in [9.17, 15) is 0 Å². The number of aromatic nitrogens is 3. The van der Waals surface area contributed by atoms with Crippen LogP contribution in [0.2, 0.25) is 5.02 Å². The maximum atomic E-state index is 7.18. The molecule has 1 fully saturated rings. The minimum Gasteiger partial charge on any atom is -0.374 e. The van der Waals surface area contributed by atoms with Crippen LogP contribution >= 0.6 is 11.6 Å². The molecule has 9 heteroatoms. The first kappa shape index (κ1) is 40.2. The molecular formula is C50H46ClN3O5. The summed E-state index contributed by atoms with van der Waals surface area (Å²) in [7, 11) is 0. The lowest BCUT2D eigenvalue weighted by atomic mass is 9.89. The molecule has 0 spiro atoms. The zero-order valence-corrected chi connectivity index (χ0v) is 33.4. The van der Waals surface area contributed by atoms with Gasteiger partial charge in [-0.05, 0) is 39.4 Å². The summed E-state index contributed by atoms with van der Waals surface area (Å²) in [6, 6.07) is 56.5. The number of hydrogen-bond donors (Lipinski definition) is 0. The predicted octanol–water partition coefficient (Wildman–Crippen LogP) is 10.2. The first-order valence-electron chi connectivity index (χ1n) is 19.9. The van der Waals surface area contributed by atoms with Crippen LogP contribution in [-0.4, -0.2) is 46.2 Å². The van der Waals surface area contributed by atoms with E-state index in [0.717, 1.165) is 44.6 Å². The van der Waals surface area contributed by atoms with Crippen LogP contribution in [0.5, 0.6) is 0 Å². The molecule has 0 unspecified atom stereocenters. The van der Waals surface area contributed by atoms with E-state index in [0.29, 0.717) is 43.7 Å². The van der Waals surface area contributed by atoms with Gasteiger partial charge in [-0.2, -0.15) is 5.10 Å². The maximum Gasteiger partial charge on any atom is 0.156 e. The second-order valence-electron chi connectivity index (χ2n) is 14.5. The van der Waals surface area contributed by atoms with Crippen molar-refractivity contribution >= 4 is 11.6 Å². The van der Waals surface area contributed by atoms with E-state index < -0.39 is 30.5 Å². The Bertz CT molecular complexity index is 2320. The van der Waals surface area contributed by atoms with E-state index in [1.165, 1.54) is 0 Å². The van der Waals surface area contributed by atoms with Gasteiger partial charge in [0.05, 0.1) is 44.9 Å². The normalized spacial score (nSPS) is 19.0. The Hall–Kier alpha value is -5.58. The number of benzene rings is 6. The molecule has 0 bridgehead atoms. The van der Waals surface area contributed by atoms with Crippen LogP contribution in [0.4, 0.5) is 0 Å². The summed E-state index contributed by atoms with van der Waals surface area (Å²) in [5.74, 6) is 0.553. The van der Waals surface area contributed by atoms with Crippen molar-refractivity contribution in [2.45, 2.75) is 63.4 Å². The molecule has 0 N–H and O–H groups in total. The number of nitrogens with zero attached hydrogens (tertiary/aromatic N) is 3. The molecule has 0 aliphatic carbocycles. The molecular weight excluding hydrogens is 758 g/mol. The van der Waals surface area contributed by atoms with Crippen LogP contribution in [0.15, 0.2) is 176 Å². The highest BCUT2D eigenvalue weighted by Gasteiger charge is 2.49. The molecule has 2 heterocycles. The second-order valence-corrected chi connectivity index (χ2v) is 14.9. The van der Waals surface area contributed by atoms with Gasteiger partial charge in [-0.25, -0.2) is 4.98 Å². The van der Waals surface area contributed by atoms with Crippen molar-refractivity contribution in [3.8, 4) is 11.3 Å². The summed E-state index contributed by atoms with van der Waals surface area (Å²) in [6.45, 7) is 1.71. The summed E-state index contributed by atoms with van der Waals surface area (Å²) in [5.41, 5.74) is 7.59. The molecule has 1 aliphatic heterocycles.